The lowest BCUT2D eigenvalue weighted by molar-refractivity contribution is -0.144. The Balaban J connectivity index is 2.13. The minimum Gasteiger partial charge on any atom is -0.480 e. The molecule has 1 aromatic carbocycles. The molecule has 2 unspecified atom stereocenters. The number of rotatable bonds is 11. The first kappa shape index (κ1) is 22.8. The molecule has 10 nitrogen and oxygen atoms in total. The molecule has 0 saturated heterocycles. The lowest BCUT2D eigenvalue weighted by Crippen LogP contribution is -2.46. The molecule has 0 aliphatic heterocycles. The highest BCUT2D eigenvalue weighted by Gasteiger charge is 2.27. The fourth-order valence-corrected chi connectivity index (χ4v) is 3.16. The second kappa shape index (κ2) is 10.3. The number of aromatic nitrogens is 1. The van der Waals surface area contributed by atoms with Crippen molar-refractivity contribution in [3.63, 3.8) is 0 Å². The Morgan fingerprint density at radius 1 is 1.37 bits per heavy atom. The molecule has 2 aromatic rings. The summed E-state index contributed by atoms with van der Waals surface area (Å²) in [7, 11) is 5.25. The van der Waals surface area contributed by atoms with Crippen molar-refractivity contribution in [2.45, 2.75) is 31.4 Å². The molecule has 160 valence electrons. The maximum atomic E-state index is 12.6. The molecular weight excluding hydrogens is 390 g/mol. The average molecular weight is 415 g/mol. The summed E-state index contributed by atoms with van der Waals surface area (Å²) in [6.07, 6.45) is 1.50. The number of nitrogens with zero attached hydrogens (tertiary/aromatic N) is 3. The van der Waals surface area contributed by atoms with Crippen molar-refractivity contribution in [3.8, 4) is 0 Å². The summed E-state index contributed by atoms with van der Waals surface area (Å²) >= 11 is 0. The number of methoxy groups -OCH3 is 1. The van der Waals surface area contributed by atoms with Gasteiger partial charge in [-0.2, -0.15) is 4.79 Å². The Morgan fingerprint density at radius 3 is 2.70 bits per heavy atom. The molecule has 1 amide bonds. The zero-order valence-electron chi connectivity index (χ0n) is 17.1. The fraction of sp³-hybridized carbons (Fsp3) is 0.400. The Hall–Kier alpha value is -3.49. The van der Waals surface area contributed by atoms with E-state index in [0.29, 0.717) is 6.21 Å². The van der Waals surface area contributed by atoms with Gasteiger partial charge in [-0.1, -0.05) is 12.1 Å². The molecule has 0 spiro atoms. The summed E-state index contributed by atoms with van der Waals surface area (Å²) in [5, 5.41) is 12.7. The molecule has 0 saturated carbocycles. The maximum absolute atomic E-state index is 12.6. The molecule has 0 aliphatic rings. The number of aliphatic carboxylic acids is 1. The van der Waals surface area contributed by atoms with Gasteiger partial charge in [0.05, 0.1) is 11.2 Å². The third kappa shape index (κ3) is 5.53. The number of ketones is 1. The number of Topliss-reactive ketones (excluding diaryl/α,β-unsaturated/α-hetero) is 1. The monoisotopic (exact) mass is 415 g/mol. The first-order chi connectivity index (χ1) is 14.3. The van der Waals surface area contributed by atoms with Crippen LogP contribution in [0.15, 0.2) is 24.4 Å². The first-order valence-electron chi connectivity index (χ1n) is 9.31. The number of nitrogens with one attached hydrogen (secondary N) is 2. The standard InChI is InChI=1S/C20H25N5O5/c1-25(2)16-6-4-5-14-12(10-22-18(14)16)9-17(30-3)19(27)24-15(20(28)29)8-7-13(26)11-23-21/h4-6,10-11,15,17,22H,7-9H2,1-3H3,(H,24,27)(H,28,29). The van der Waals surface area contributed by atoms with Gasteiger partial charge in [0.25, 0.3) is 0 Å². The van der Waals surface area contributed by atoms with Gasteiger partial charge < -0.3 is 30.6 Å². The summed E-state index contributed by atoms with van der Waals surface area (Å²) in [4.78, 5) is 43.3. The molecule has 10 heteroatoms. The van der Waals surface area contributed by atoms with Crippen LogP contribution in [0.25, 0.3) is 16.4 Å². The highest BCUT2D eigenvalue weighted by molar-refractivity contribution is 6.25. The predicted octanol–water partition coefficient (Wildman–Crippen LogP) is 1.01. The van der Waals surface area contributed by atoms with Crippen molar-refractivity contribution in [1.29, 1.82) is 0 Å². The minimum atomic E-state index is -1.27. The van der Waals surface area contributed by atoms with Gasteiger partial charge in [-0.25, -0.2) is 4.79 Å². The highest BCUT2D eigenvalue weighted by Crippen LogP contribution is 2.28. The summed E-state index contributed by atoms with van der Waals surface area (Å²) in [5.41, 5.74) is 11.1. The Kier molecular flexibility index (Phi) is 7.85. The number of amides is 1. The van der Waals surface area contributed by atoms with Crippen LogP contribution in [0, 0.1) is 0 Å². The molecular formula is C20H25N5O5. The zero-order chi connectivity index (χ0) is 22.3. The van der Waals surface area contributed by atoms with Crippen molar-refractivity contribution in [2.24, 2.45) is 0 Å². The lowest BCUT2D eigenvalue weighted by atomic mass is 10.0. The normalized spacial score (nSPS) is 12.6. The molecule has 2 rings (SSSR count). The Bertz CT molecular complexity index is 977. The predicted molar refractivity (Wildman–Crippen MR) is 111 cm³/mol. The second-order valence-electron chi connectivity index (χ2n) is 6.99. The summed E-state index contributed by atoms with van der Waals surface area (Å²) in [5.74, 6) is -2.40. The fourth-order valence-electron chi connectivity index (χ4n) is 3.16. The second-order valence-corrected chi connectivity index (χ2v) is 6.99. The van der Waals surface area contributed by atoms with Crippen LogP contribution >= 0.6 is 0 Å². The van der Waals surface area contributed by atoms with Gasteiger partial charge in [-0.05, 0) is 18.1 Å². The number of aromatic amines is 1. The van der Waals surface area contributed by atoms with Gasteiger partial charge in [-0.15, -0.1) is 0 Å². The smallest absolute Gasteiger partial charge is 0.326 e. The van der Waals surface area contributed by atoms with Gasteiger partial charge in [0.1, 0.15) is 12.1 Å². The first-order valence-corrected chi connectivity index (χ1v) is 9.31. The molecule has 0 radical (unpaired) electrons. The SMILES string of the molecule is COC(Cc1c[nH]c2c(N(C)C)cccc12)C(=O)NC(CCC(=O)C=[N+]=[N-])C(=O)O. The number of hydrogen-bond acceptors (Lipinski definition) is 5. The van der Waals surface area contributed by atoms with Crippen molar-refractivity contribution in [3.05, 3.63) is 35.5 Å². The van der Waals surface area contributed by atoms with E-state index in [2.05, 4.69) is 15.1 Å². The molecule has 3 N–H and O–H groups in total. The highest BCUT2D eigenvalue weighted by atomic mass is 16.5. The van der Waals surface area contributed by atoms with Crippen molar-refractivity contribution < 1.29 is 29.0 Å². The van der Waals surface area contributed by atoms with Crippen LogP contribution in [0.2, 0.25) is 0 Å². The van der Waals surface area contributed by atoms with Crippen molar-refractivity contribution in [2.75, 3.05) is 26.1 Å². The number of anilines is 1. The van der Waals surface area contributed by atoms with E-state index in [1.165, 1.54) is 7.11 Å². The van der Waals surface area contributed by atoms with Gasteiger partial charge in [0.2, 0.25) is 11.7 Å². The van der Waals surface area contributed by atoms with Crippen molar-refractivity contribution in [1.82, 2.24) is 10.3 Å². The number of carbonyl (C=O) groups is 3. The van der Waals surface area contributed by atoms with Gasteiger partial charge >= 0.3 is 12.2 Å². The Morgan fingerprint density at radius 2 is 2.10 bits per heavy atom. The van der Waals surface area contributed by atoms with Crippen LogP contribution in [0.1, 0.15) is 18.4 Å². The minimum absolute atomic E-state index is 0.137. The summed E-state index contributed by atoms with van der Waals surface area (Å²) in [6, 6.07) is 4.56. The zero-order valence-corrected chi connectivity index (χ0v) is 17.1. The van der Waals surface area contributed by atoms with Crippen LogP contribution in [0.5, 0.6) is 0 Å². The molecule has 2 atom stereocenters. The molecule has 1 aromatic heterocycles. The number of ether oxygens (including phenoxy) is 1. The summed E-state index contributed by atoms with van der Waals surface area (Å²) < 4.78 is 5.31. The number of benzene rings is 1. The van der Waals surface area contributed by atoms with E-state index in [-0.39, 0.29) is 19.3 Å². The van der Waals surface area contributed by atoms with Crippen LogP contribution in [0.4, 0.5) is 5.69 Å². The maximum Gasteiger partial charge on any atom is 0.326 e. The summed E-state index contributed by atoms with van der Waals surface area (Å²) in [6.45, 7) is 0. The third-order valence-electron chi connectivity index (χ3n) is 4.74. The number of fused-ring (bicyclic) bond motifs is 1. The molecule has 30 heavy (non-hydrogen) atoms. The van der Waals surface area contributed by atoms with Crippen molar-refractivity contribution >= 4 is 40.5 Å². The number of para-hydroxylation sites is 1. The van der Waals surface area contributed by atoms with E-state index in [9.17, 15) is 19.5 Å². The molecule has 0 bridgehead atoms. The van der Waals surface area contributed by atoms with Gasteiger partial charge in [0.15, 0.2) is 0 Å². The van der Waals surface area contributed by atoms with Crippen LogP contribution in [0.3, 0.4) is 0 Å². The van der Waals surface area contributed by atoms with Crippen LogP contribution < -0.4 is 10.2 Å². The largest absolute Gasteiger partial charge is 0.480 e. The molecule has 0 fully saturated rings. The topological polar surface area (TPSA) is 148 Å². The van der Waals surface area contributed by atoms with Gasteiger partial charge in [-0.3, -0.25) is 9.59 Å². The van der Waals surface area contributed by atoms with Crippen LogP contribution in [-0.2, 0) is 25.5 Å². The lowest BCUT2D eigenvalue weighted by Gasteiger charge is -2.19. The quantitative estimate of drug-likeness (QED) is 0.283. The number of H-pyrrole nitrogens is 1. The molecule has 0 aliphatic carbocycles. The number of carbonyl (C=O) groups excluding carboxylic acids is 2. The Labute approximate surface area is 173 Å². The van der Waals surface area contributed by atoms with E-state index in [4.69, 9.17) is 10.3 Å². The number of hydrogen-bond donors (Lipinski definition) is 3. The third-order valence-corrected chi connectivity index (χ3v) is 4.74. The van der Waals surface area contributed by atoms with Gasteiger partial charge in [0, 0.05) is 45.6 Å². The van der Waals surface area contributed by atoms with Crippen LogP contribution in [-0.4, -0.2) is 72.1 Å². The van der Waals surface area contributed by atoms with E-state index in [1.54, 1.807) is 6.20 Å². The van der Waals surface area contributed by atoms with E-state index >= 15 is 0 Å². The number of carboxylic acid groups (broad SMARTS) is 1. The van der Waals surface area contributed by atoms with E-state index in [1.807, 2.05) is 37.2 Å². The van der Waals surface area contributed by atoms with E-state index < -0.39 is 29.8 Å². The number of carboxylic acids is 1. The molecule has 1 heterocycles. The average Bonchev–Trinajstić information content (AvgIpc) is 3.11. The van der Waals surface area contributed by atoms with E-state index in [0.717, 1.165) is 22.2 Å².